The molecular formula is C29H39N3O2SSi. The van der Waals surface area contributed by atoms with Crippen LogP contribution in [0.3, 0.4) is 0 Å². The smallest absolute Gasteiger partial charge is 0.275 e. The van der Waals surface area contributed by atoms with Crippen molar-refractivity contribution in [3.63, 3.8) is 0 Å². The summed E-state index contributed by atoms with van der Waals surface area (Å²) in [6, 6.07) is 18.2. The molecule has 0 aliphatic carbocycles. The lowest BCUT2D eigenvalue weighted by Gasteiger charge is -2.38. The topological polar surface area (TPSA) is 54.5 Å². The number of hydrogen-bond donors (Lipinski definition) is 1. The maximum absolute atomic E-state index is 13.0. The molecular weight excluding hydrogens is 482 g/mol. The largest absolute Gasteiger partial charge is 0.416 e. The van der Waals surface area contributed by atoms with E-state index in [2.05, 4.69) is 61.2 Å². The number of likely N-dealkylation sites (tertiary alicyclic amines) is 1. The van der Waals surface area contributed by atoms with Crippen molar-refractivity contribution < 1.29 is 9.22 Å². The molecule has 5 nitrogen and oxygen atoms in total. The van der Waals surface area contributed by atoms with Gasteiger partial charge in [-0.2, -0.15) is 0 Å². The van der Waals surface area contributed by atoms with Crippen LogP contribution in [0.15, 0.2) is 60.0 Å². The van der Waals surface area contributed by atoms with Crippen LogP contribution in [0.4, 0.5) is 5.69 Å². The molecule has 3 aromatic rings. The summed E-state index contributed by atoms with van der Waals surface area (Å²) in [5.74, 6) is 0.287. The Balaban J connectivity index is 1.33. The van der Waals surface area contributed by atoms with Gasteiger partial charge < -0.3 is 14.6 Å². The molecule has 0 spiro atoms. The van der Waals surface area contributed by atoms with Gasteiger partial charge in [-0.3, -0.25) is 4.79 Å². The summed E-state index contributed by atoms with van der Waals surface area (Å²) in [5.41, 5.74) is 3.62. The van der Waals surface area contributed by atoms with Gasteiger partial charge >= 0.3 is 0 Å². The Hall–Kier alpha value is -2.32. The van der Waals surface area contributed by atoms with Gasteiger partial charge in [-0.05, 0) is 61.6 Å². The zero-order chi connectivity index (χ0) is 25.8. The first-order valence-electron chi connectivity index (χ1n) is 12.9. The number of thiazole rings is 1. The third kappa shape index (κ3) is 6.51. The summed E-state index contributed by atoms with van der Waals surface area (Å²) >= 11 is 1.50. The minimum absolute atomic E-state index is 0.152. The monoisotopic (exact) mass is 521 g/mol. The van der Waals surface area contributed by atoms with E-state index in [0.29, 0.717) is 11.6 Å². The molecule has 1 amide bonds. The van der Waals surface area contributed by atoms with Crippen LogP contribution >= 0.6 is 11.3 Å². The van der Waals surface area contributed by atoms with Gasteiger partial charge in [0.05, 0.1) is 0 Å². The summed E-state index contributed by atoms with van der Waals surface area (Å²) < 4.78 is 6.39. The first-order valence-corrected chi connectivity index (χ1v) is 16.7. The van der Waals surface area contributed by atoms with Gasteiger partial charge in [-0.25, -0.2) is 4.98 Å². The Morgan fingerprint density at radius 1 is 1.08 bits per heavy atom. The molecule has 7 heteroatoms. The first kappa shape index (κ1) is 26.7. The second-order valence-corrected chi connectivity index (χ2v) is 16.8. The van der Waals surface area contributed by atoms with Crippen LogP contribution in [0.25, 0.3) is 10.6 Å². The van der Waals surface area contributed by atoms with Gasteiger partial charge in [0.15, 0.2) is 8.32 Å². The van der Waals surface area contributed by atoms with Crippen molar-refractivity contribution in [2.24, 2.45) is 0 Å². The van der Waals surface area contributed by atoms with E-state index < -0.39 is 8.32 Å². The van der Waals surface area contributed by atoms with E-state index in [-0.39, 0.29) is 10.9 Å². The molecule has 1 aromatic heterocycles. The van der Waals surface area contributed by atoms with Crippen molar-refractivity contribution in [2.75, 3.05) is 31.6 Å². The molecule has 0 bridgehead atoms. The highest BCUT2D eigenvalue weighted by molar-refractivity contribution is 7.13. The SMILES string of the molecule is CC(C)(C)[Si](C)(C)OCCN1CCC(c2ccccc2NC(=O)c2csc(-c3ccccc3)n2)CC1. The number of hydrogen-bond acceptors (Lipinski definition) is 5. The number of rotatable bonds is 8. The summed E-state index contributed by atoms with van der Waals surface area (Å²) in [6.07, 6.45) is 2.17. The van der Waals surface area contributed by atoms with Crippen LogP contribution in [0, 0.1) is 0 Å². The fraction of sp³-hybridized carbons (Fsp3) is 0.448. The van der Waals surface area contributed by atoms with E-state index >= 15 is 0 Å². The summed E-state index contributed by atoms with van der Waals surface area (Å²) in [4.78, 5) is 20.1. The standard InChI is InChI=1S/C29H39N3O2SSi/c1-29(2,3)36(4,5)34-20-19-32-17-15-22(16-18-32)24-13-9-10-14-25(24)30-27(33)26-21-35-28(31-26)23-11-7-6-8-12-23/h6-14,21-22H,15-20H2,1-5H3,(H,30,33). The zero-order valence-corrected chi connectivity index (χ0v) is 24.0. The molecule has 1 aliphatic heterocycles. The molecule has 1 N–H and O–H groups in total. The number of amides is 1. The number of piperidine rings is 1. The number of para-hydroxylation sites is 1. The summed E-state index contributed by atoms with van der Waals surface area (Å²) in [7, 11) is -1.70. The van der Waals surface area contributed by atoms with Crippen molar-refractivity contribution >= 4 is 31.2 Å². The summed E-state index contributed by atoms with van der Waals surface area (Å²) in [6.45, 7) is 15.4. The maximum atomic E-state index is 13.0. The van der Waals surface area contributed by atoms with Crippen LogP contribution in [0.5, 0.6) is 0 Å². The fourth-order valence-corrected chi connectivity index (χ4v) is 6.20. The minimum Gasteiger partial charge on any atom is -0.416 e. The van der Waals surface area contributed by atoms with Crippen LogP contribution in [0.1, 0.15) is 55.6 Å². The number of aromatic nitrogens is 1. The average molecular weight is 522 g/mol. The minimum atomic E-state index is -1.70. The Bertz CT molecular complexity index is 1150. The van der Waals surface area contributed by atoms with Gasteiger partial charge in [0.1, 0.15) is 10.7 Å². The molecule has 1 aliphatic rings. The van der Waals surface area contributed by atoms with E-state index in [1.165, 1.54) is 16.9 Å². The molecule has 4 rings (SSSR count). The number of nitrogens with one attached hydrogen (secondary N) is 1. The lowest BCUT2D eigenvalue weighted by Crippen LogP contribution is -2.43. The van der Waals surface area contributed by atoms with Crippen molar-refractivity contribution in [3.05, 3.63) is 71.2 Å². The van der Waals surface area contributed by atoms with E-state index in [0.717, 1.165) is 55.3 Å². The first-order chi connectivity index (χ1) is 17.1. The third-order valence-electron chi connectivity index (χ3n) is 7.67. The number of carbonyl (C=O) groups is 1. The summed E-state index contributed by atoms with van der Waals surface area (Å²) in [5, 5.41) is 6.09. The van der Waals surface area contributed by atoms with Crippen LogP contribution in [-0.2, 0) is 4.43 Å². The van der Waals surface area contributed by atoms with Gasteiger partial charge in [-0.1, -0.05) is 69.3 Å². The third-order valence-corrected chi connectivity index (χ3v) is 13.1. The Morgan fingerprint density at radius 2 is 1.75 bits per heavy atom. The molecule has 1 saturated heterocycles. The van der Waals surface area contributed by atoms with Gasteiger partial charge in [-0.15, -0.1) is 11.3 Å². The van der Waals surface area contributed by atoms with Crippen molar-refractivity contribution in [2.45, 2.75) is 57.7 Å². The van der Waals surface area contributed by atoms with E-state index in [1.54, 1.807) is 0 Å². The van der Waals surface area contributed by atoms with Crippen LogP contribution in [0.2, 0.25) is 18.1 Å². The molecule has 0 radical (unpaired) electrons. The molecule has 192 valence electrons. The second-order valence-electron chi connectivity index (χ2n) is 11.2. The molecule has 0 unspecified atom stereocenters. The van der Waals surface area contributed by atoms with Gasteiger partial charge in [0, 0.05) is 29.8 Å². The second kappa shape index (κ2) is 11.4. The van der Waals surface area contributed by atoms with Crippen molar-refractivity contribution in [1.29, 1.82) is 0 Å². The molecule has 0 atom stereocenters. The van der Waals surface area contributed by atoms with Crippen molar-refractivity contribution in [1.82, 2.24) is 9.88 Å². The molecule has 2 heterocycles. The lowest BCUT2D eigenvalue weighted by atomic mass is 9.88. The fourth-order valence-electron chi connectivity index (χ4n) is 4.36. The Labute approximate surface area is 221 Å². The maximum Gasteiger partial charge on any atom is 0.275 e. The number of carbonyl (C=O) groups excluding carboxylic acids is 1. The quantitative estimate of drug-likeness (QED) is 0.317. The average Bonchev–Trinajstić information content (AvgIpc) is 3.35. The Kier molecular flexibility index (Phi) is 8.45. The van der Waals surface area contributed by atoms with Crippen molar-refractivity contribution in [3.8, 4) is 10.6 Å². The molecule has 1 fully saturated rings. The molecule has 36 heavy (non-hydrogen) atoms. The molecule has 0 saturated carbocycles. The van der Waals surface area contributed by atoms with Crippen LogP contribution in [-0.4, -0.2) is 50.3 Å². The predicted molar refractivity (Wildman–Crippen MR) is 154 cm³/mol. The predicted octanol–water partition coefficient (Wildman–Crippen LogP) is 7.26. The highest BCUT2D eigenvalue weighted by atomic mass is 32.1. The number of nitrogens with zero attached hydrogens (tertiary/aromatic N) is 2. The van der Waals surface area contributed by atoms with Gasteiger partial charge in [0.2, 0.25) is 0 Å². The Morgan fingerprint density at radius 3 is 2.44 bits per heavy atom. The van der Waals surface area contributed by atoms with E-state index in [9.17, 15) is 4.79 Å². The highest BCUT2D eigenvalue weighted by Gasteiger charge is 2.37. The number of anilines is 1. The highest BCUT2D eigenvalue weighted by Crippen LogP contribution is 2.37. The normalized spacial score (nSPS) is 15.7. The van der Waals surface area contributed by atoms with E-state index in [1.807, 2.05) is 47.8 Å². The zero-order valence-electron chi connectivity index (χ0n) is 22.2. The van der Waals surface area contributed by atoms with E-state index in [4.69, 9.17) is 4.43 Å². The number of benzene rings is 2. The lowest BCUT2D eigenvalue weighted by molar-refractivity contribution is 0.102. The van der Waals surface area contributed by atoms with Gasteiger partial charge in [0.25, 0.3) is 5.91 Å². The molecule has 2 aromatic carbocycles. The van der Waals surface area contributed by atoms with Crippen LogP contribution < -0.4 is 5.32 Å².